The predicted octanol–water partition coefficient (Wildman–Crippen LogP) is 1.53. The third-order valence-electron chi connectivity index (χ3n) is 2.05. The van der Waals surface area contributed by atoms with E-state index in [0.717, 1.165) is 10.9 Å². The molecule has 4 nitrogen and oxygen atoms in total. The Balaban J connectivity index is 2.60. The fourth-order valence-electron chi connectivity index (χ4n) is 1.47. The zero-order valence-electron chi connectivity index (χ0n) is 8.11. The van der Waals surface area contributed by atoms with Gasteiger partial charge in [-0.05, 0) is 12.1 Å². The van der Waals surface area contributed by atoms with Crippen LogP contribution in [0.4, 0.5) is 5.82 Å². The number of hydrogen-bond donors (Lipinski definition) is 1. The first-order valence-electron chi connectivity index (χ1n) is 4.38. The molecule has 0 saturated heterocycles. The summed E-state index contributed by atoms with van der Waals surface area (Å²) in [6.07, 6.45) is 0. The van der Waals surface area contributed by atoms with E-state index in [4.69, 9.17) is 0 Å². The van der Waals surface area contributed by atoms with Gasteiger partial charge in [0.25, 0.3) is 0 Å². The topological polar surface area (TPSA) is 46.9 Å². The van der Waals surface area contributed by atoms with E-state index in [1.807, 2.05) is 31.3 Å². The van der Waals surface area contributed by atoms with Crippen LogP contribution in [0.25, 0.3) is 10.9 Å². The lowest BCUT2D eigenvalue weighted by atomic mass is 10.2. The minimum Gasteiger partial charge on any atom is -0.309 e. The summed E-state index contributed by atoms with van der Waals surface area (Å²) in [7, 11) is 1.85. The average Bonchev–Trinajstić information content (AvgIpc) is 2.44. The standard InChI is InChI=1S/C10H11N3O/c1-7(14)11-10-8-5-3-4-6-9(8)13(2)12-10/h3-6H,1-2H3,(H,11,12,14). The molecule has 72 valence electrons. The number of aromatic nitrogens is 2. The van der Waals surface area contributed by atoms with Gasteiger partial charge < -0.3 is 5.32 Å². The first kappa shape index (κ1) is 8.74. The van der Waals surface area contributed by atoms with Crippen LogP contribution in [0.5, 0.6) is 0 Å². The lowest BCUT2D eigenvalue weighted by Gasteiger charge is -1.95. The van der Waals surface area contributed by atoms with Crippen LogP contribution in [0.3, 0.4) is 0 Å². The highest BCUT2D eigenvalue weighted by atomic mass is 16.1. The van der Waals surface area contributed by atoms with E-state index in [2.05, 4.69) is 10.4 Å². The van der Waals surface area contributed by atoms with Crippen molar-refractivity contribution in [3.05, 3.63) is 24.3 Å². The number of para-hydroxylation sites is 1. The highest BCUT2D eigenvalue weighted by molar-refractivity contribution is 5.98. The van der Waals surface area contributed by atoms with Crippen molar-refractivity contribution in [3.8, 4) is 0 Å². The van der Waals surface area contributed by atoms with Crippen LogP contribution in [0.1, 0.15) is 6.92 Å². The van der Waals surface area contributed by atoms with Gasteiger partial charge in [-0.3, -0.25) is 9.48 Å². The first-order valence-corrected chi connectivity index (χ1v) is 4.38. The number of amides is 1. The Morgan fingerprint density at radius 3 is 2.86 bits per heavy atom. The molecular weight excluding hydrogens is 178 g/mol. The summed E-state index contributed by atoms with van der Waals surface area (Å²) >= 11 is 0. The molecule has 4 heteroatoms. The molecule has 0 bridgehead atoms. The molecule has 0 spiro atoms. The van der Waals surface area contributed by atoms with E-state index in [-0.39, 0.29) is 5.91 Å². The lowest BCUT2D eigenvalue weighted by molar-refractivity contribution is -0.114. The zero-order chi connectivity index (χ0) is 10.1. The number of nitrogens with zero attached hydrogens (tertiary/aromatic N) is 2. The van der Waals surface area contributed by atoms with Crippen LogP contribution in [-0.2, 0) is 11.8 Å². The Hall–Kier alpha value is -1.84. The molecule has 0 radical (unpaired) electrons. The number of aryl methyl sites for hydroxylation is 1. The zero-order valence-corrected chi connectivity index (χ0v) is 8.11. The second-order valence-corrected chi connectivity index (χ2v) is 3.17. The lowest BCUT2D eigenvalue weighted by Crippen LogP contribution is -2.06. The average molecular weight is 189 g/mol. The van der Waals surface area contributed by atoms with Crippen LogP contribution in [-0.4, -0.2) is 15.7 Å². The maximum absolute atomic E-state index is 10.9. The third-order valence-corrected chi connectivity index (χ3v) is 2.05. The highest BCUT2D eigenvalue weighted by Gasteiger charge is 2.07. The summed E-state index contributed by atoms with van der Waals surface area (Å²) < 4.78 is 1.75. The van der Waals surface area contributed by atoms with Gasteiger partial charge in [-0.15, -0.1) is 0 Å². The molecule has 1 heterocycles. The Labute approximate surface area is 81.5 Å². The van der Waals surface area contributed by atoms with Crippen LogP contribution in [0.15, 0.2) is 24.3 Å². The number of anilines is 1. The van der Waals surface area contributed by atoms with E-state index in [1.165, 1.54) is 6.92 Å². The van der Waals surface area contributed by atoms with E-state index < -0.39 is 0 Å². The van der Waals surface area contributed by atoms with Gasteiger partial charge in [-0.25, -0.2) is 0 Å². The Kier molecular flexibility index (Phi) is 1.96. The molecule has 0 fully saturated rings. The van der Waals surface area contributed by atoms with E-state index in [0.29, 0.717) is 5.82 Å². The van der Waals surface area contributed by atoms with E-state index in [9.17, 15) is 4.79 Å². The van der Waals surface area contributed by atoms with Crippen molar-refractivity contribution in [2.45, 2.75) is 6.92 Å². The molecule has 0 saturated carbocycles. The van der Waals surface area contributed by atoms with E-state index in [1.54, 1.807) is 4.68 Å². The van der Waals surface area contributed by atoms with Gasteiger partial charge in [0.2, 0.25) is 5.91 Å². The van der Waals surface area contributed by atoms with Gasteiger partial charge >= 0.3 is 0 Å². The summed E-state index contributed by atoms with van der Waals surface area (Å²) in [6.45, 7) is 1.48. The largest absolute Gasteiger partial charge is 0.309 e. The van der Waals surface area contributed by atoms with Gasteiger partial charge in [0, 0.05) is 19.4 Å². The first-order chi connectivity index (χ1) is 6.68. The second kappa shape index (κ2) is 3.14. The molecule has 1 amide bonds. The molecule has 2 rings (SSSR count). The number of carbonyl (C=O) groups is 1. The van der Waals surface area contributed by atoms with Crippen molar-refractivity contribution in [1.82, 2.24) is 9.78 Å². The molecule has 0 aliphatic carbocycles. The van der Waals surface area contributed by atoms with Crippen molar-refractivity contribution in [2.24, 2.45) is 7.05 Å². The SMILES string of the molecule is CC(=O)Nc1nn(C)c2ccccc12. The number of carbonyl (C=O) groups excluding carboxylic acids is 1. The maximum Gasteiger partial charge on any atom is 0.222 e. The molecular formula is C10H11N3O. The molecule has 2 aromatic rings. The van der Waals surface area contributed by atoms with Gasteiger partial charge in [-0.1, -0.05) is 12.1 Å². The molecule has 0 aliphatic rings. The summed E-state index contributed by atoms with van der Waals surface area (Å²) in [5.74, 6) is 0.518. The number of rotatable bonds is 1. The minimum atomic E-state index is -0.103. The number of fused-ring (bicyclic) bond motifs is 1. The van der Waals surface area contributed by atoms with E-state index >= 15 is 0 Å². The summed E-state index contributed by atoms with van der Waals surface area (Å²) in [6, 6.07) is 7.78. The van der Waals surface area contributed by atoms with Crippen LogP contribution >= 0.6 is 0 Å². The van der Waals surface area contributed by atoms with Crippen LogP contribution < -0.4 is 5.32 Å². The van der Waals surface area contributed by atoms with Crippen LogP contribution in [0, 0.1) is 0 Å². The van der Waals surface area contributed by atoms with Crippen molar-refractivity contribution in [1.29, 1.82) is 0 Å². The second-order valence-electron chi connectivity index (χ2n) is 3.17. The van der Waals surface area contributed by atoms with Crippen molar-refractivity contribution >= 4 is 22.6 Å². The van der Waals surface area contributed by atoms with Crippen molar-refractivity contribution in [2.75, 3.05) is 5.32 Å². The Morgan fingerprint density at radius 2 is 2.14 bits per heavy atom. The summed E-state index contributed by atoms with van der Waals surface area (Å²) in [5, 5.41) is 7.88. The molecule has 1 N–H and O–H groups in total. The Morgan fingerprint density at radius 1 is 1.43 bits per heavy atom. The smallest absolute Gasteiger partial charge is 0.222 e. The van der Waals surface area contributed by atoms with Gasteiger partial charge in [0.05, 0.1) is 5.52 Å². The maximum atomic E-state index is 10.9. The Bertz CT molecular complexity index is 487. The van der Waals surface area contributed by atoms with Gasteiger partial charge in [-0.2, -0.15) is 5.10 Å². The van der Waals surface area contributed by atoms with Gasteiger partial charge in [0.15, 0.2) is 5.82 Å². The number of hydrogen-bond acceptors (Lipinski definition) is 2. The quantitative estimate of drug-likeness (QED) is 0.739. The molecule has 1 aromatic heterocycles. The molecule has 0 atom stereocenters. The number of benzene rings is 1. The summed E-state index contributed by atoms with van der Waals surface area (Å²) in [5.41, 5.74) is 1.01. The third kappa shape index (κ3) is 1.35. The fourth-order valence-corrected chi connectivity index (χ4v) is 1.47. The highest BCUT2D eigenvalue weighted by Crippen LogP contribution is 2.21. The number of nitrogens with one attached hydrogen (secondary N) is 1. The molecule has 0 aliphatic heterocycles. The monoisotopic (exact) mass is 189 g/mol. The normalized spacial score (nSPS) is 10.4. The van der Waals surface area contributed by atoms with Crippen molar-refractivity contribution < 1.29 is 4.79 Å². The van der Waals surface area contributed by atoms with Gasteiger partial charge in [0.1, 0.15) is 0 Å². The minimum absolute atomic E-state index is 0.103. The molecule has 1 aromatic carbocycles. The van der Waals surface area contributed by atoms with Crippen molar-refractivity contribution in [3.63, 3.8) is 0 Å². The van der Waals surface area contributed by atoms with Crippen LogP contribution in [0.2, 0.25) is 0 Å². The fraction of sp³-hybridized carbons (Fsp3) is 0.200. The molecule has 14 heavy (non-hydrogen) atoms. The predicted molar refractivity (Wildman–Crippen MR) is 55.0 cm³/mol. The molecule has 0 unspecified atom stereocenters. The summed E-state index contributed by atoms with van der Waals surface area (Å²) in [4.78, 5) is 10.9.